The van der Waals surface area contributed by atoms with Gasteiger partial charge in [-0.25, -0.2) is 9.59 Å². The second-order valence-corrected chi connectivity index (χ2v) is 20.0. The first-order valence-corrected chi connectivity index (χ1v) is 29.2. The molecule has 9 rings (SSSR count). The predicted octanol–water partition coefficient (Wildman–Crippen LogP) is 12.9. The number of hydrogen-bond acceptors (Lipinski definition) is 12. The molecule has 0 saturated heterocycles. The van der Waals surface area contributed by atoms with Crippen molar-refractivity contribution < 1.29 is 57.2 Å². The van der Waals surface area contributed by atoms with Crippen LogP contribution in [0.15, 0.2) is 182 Å². The molecule has 8 aromatic carbocycles. The summed E-state index contributed by atoms with van der Waals surface area (Å²) in [4.78, 5) is 77.5. The molecule has 0 saturated carbocycles. The van der Waals surface area contributed by atoms with Crippen LogP contribution in [0.4, 0.5) is 0 Å². The highest BCUT2D eigenvalue weighted by Gasteiger charge is 2.26. The van der Waals surface area contributed by atoms with Crippen molar-refractivity contribution in [2.24, 2.45) is 5.92 Å². The van der Waals surface area contributed by atoms with Crippen molar-refractivity contribution in [2.75, 3.05) is 80.9 Å². The molecular formula is C71H79N3O12. The van der Waals surface area contributed by atoms with Gasteiger partial charge in [-0.1, -0.05) is 106 Å². The number of esters is 3. The Kier molecular flexibility index (Phi) is 26.2. The Hall–Kier alpha value is -9.50. The highest BCUT2D eigenvalue weighted by atomic mass is 16.5. The van der Waals surface area contributed by atoms with Gasteiger partial charge >= 0.3 is 17.9 Å². The first-order valence-electron chi connectivity index (χ1n) is 29.2. The van der Waals surface area contributed by atoms with E-state index in [9.17, 15) is 28.8 Å². The lowest BCUT2D eigenvalue weighted by Crippen LogP contribution is -2.30. The zero-order chi connectivity index (χ0) is 61.8. The van der Waals surface area contributed by atoms with Gasteiger partial charge in [0, 0.05) is 37.8 Å². The molecule has 0 spiro atoms. The molecule has 1 aliphatic rings. The zero-order valence-corrected chi connectivity index (χ0v) is 50.6. The molecule has 0 aliphatic heterocycles. The highest BCUT2D eigenvalue weighted by Crippen LogP contribution is 2.30. The molecule has 1 unspecified atom stereocenters. The highest BCUT2D eigenvalue weighted by molar-refractivity contribution is 5.98. The minimum atomic E-state index is -0.323. The van der Waals surface area contributed by atoms with E-state index in [2.05, 4.69) is 0 Å². The molecule has 0 aromatic heterocycles. The van der Waals surface area contributed by atoms with Crippen LogP contribution in [0.25, 0.3) is 21.5 Å². The van der Waals surface area contributed by atoms with Crippen LogP contribution in [-0.4, -0.2) is 131 Å². The summed E-state index contributed by atoms with van der Waals surface area (Å²) in [5, 5.41) is 3.83. The van der Waals surface area contributed by atoms with Crippen LogP contribution < -0.4 is 14.2 Å². The largest absolute Gasteiger partial charge is 0.492 e. The number of fused-ring (bicyclic) bond motifs is 3. The Morgan fingerprint density at radius 3 is 1.22 bits per heavy atom. The summed E-state index contributed by atoms with van der Waals surface area (Å²) in [6.07, 6.45) is 3.17. The number of ether oxygens (including phenoxy) is 6. The zero-order valence-electron chi connectivity index (χ0n) is 50.6. The topological polar surface area (TPSA) is 168 Å². The van der Waals surface area contributed by atoms with Gasteiger partial charge in [0.1, 0.15) is 37.1 Å². The van der Waals surface area contributed by atoms with Crippen LogP contribution in [0.2, 0.25) is 0 Å². The average molecular weight is 1170 g/mol. The van der Waals surface area contributed by atoms with Crippen molar-refractivity contribution in [1.29, 1.82) is 0 Å². The van der Waals surface area contributed by atoms with Crippen molar-refractivity contribution in [3.05, 3.63) is 221 Å². The number of benzene rings is 8. The van der Waals surface area contributed by atoms with Crippen LogP contribution in [0.3, 0.4) is 0 Å². The lowest BCUT2D eigenvalue weighted by Gasteiger charge is -2.23. The summed E-state index contributed by atoms with van der Waals surface area (Å²) in [5.74, 6) is 1.35. The maximum absolute atomic E-state index is 12.3. The molecule has 15 heteroatoms. The SMILES string of the molecule is CC.CCCOC(=O)c1ccc2cc(OCCN(C)C(=O)c3ccccc3)ccc2c1.CCOC(=O)c1ccc2cc(OCCN(C)C(=O)c3ccccc3)ccc2c1.COC(=O)C1CCc2cc(OCCN(C)C(=O)c3ccccc3)ccc2C1. The minimum absolute atomic E-state index is 0.0153. The Bertz CT molecular complexity index is 3490. The molecule has 8 aromatic rings. The van der Waals surface area contributed by atoms with Gasteiger partial charge in [0.2, 0.25) is 0 Å². The van der Waals surface area contributed by atoms with Crippen molar-refractivity contribution in [2.45, 2.75) is 53.4 Å². The lowest BCUT2D eigenvalue weighted by molar-refractivity contribution is -0.145. The fraction of sp³-hybridized carbons (Fsp3) is 0.296. The van der Waals surface area contributed by atoms with E-state index in [0.29, 0.717) is 80.5 Å². The maximum Gasteiger partial charge on any atom is 0.338 e. The van der Waals surface area contributed by atoms with E-state index in [-0.39, 0.29) is 41.5 Å². The van der Waals surface area contributed by atoms with Gasteiger partial charge in [-0.2, -0.15) is 0 Å². The third-order valence-corrected chi connectivity index (χ3v) is 13.9. The number of aryl methyl sites for hydroxylation is 1. The molecule has 1 atom stereocenters. The van der Waals surface area contributed by atoms with Gasteiger partial charge in [-0.15, -0.1) is 0 Å². The van der Waals surface area contributed by atoms with Crippen LogP contribution in [0, 0.1) is 5.92 Å². The molecule has 0 radical (unpaired) electrons. The van der Waals surface area contributed by atoms with Crippen molar-refractivity contribution in [3.63, 3.8) is 0 Å². The second-order valence-electron chi connectivity index (χ2n) is 20.0. The average Bonchev–Trinajstić information content (AvgIpc) is 3.69. The van der Waals surface area contributed by atoms with E-state index in [1.807, 2.05) is 166 Å². The van der Waals surface area contributed by atoms with Gasteiger partial charge in [0.15, 0.2) is 0 Å². The van der Waals surface area contributed by atoms with Crippen LogP contribution in [0.5, 0.6) is 17.2 Å². The number of amides is 3. The lowest BCUT2D eigenvalue weighted by atomic mass is 9.84. The molecule has 15 nitrogen and oxygen atoms in total. The number of nitrogens with zero attached hydrogens (tertiary/aromatic N) is 3. The fourth-order valence-electron chi connectivity index (χ4n) is 9.17. The first-order chi connectivity index (χ1) is 41.7. The van der Waals surface area contributed by atoms with Crippen LogP contribution in [0.1, 0.15) is 103 Å². The standard InChI is InChI=1S/C24H25NO4.C23H23NO4.C22H25NO4.C2H6/c1-3-14-29-24(27)21-10-9-20-17-22(12-11-19(20)16-21)28-15-13-25(2)23(26)18-7-5-4-6-8-18;1-3-27-23(26)20-10-9-19-16-21(12-11-18(19)15-20)28-14-13-24(2)22(25)17-7-5-4-6-8-17;1-23(21(24)16-6-4-3-5-7-16)12-13-27-20-11-10-17-14-19(22(25)26-2)9-8-18(17)15-20;1-2/h4-12,16-17H,3,13-15H2,1-2H3;4-12,15-16H,3,13-14H2,1-2H3;3-7,10-11,15,19H,8-9,12-14H2,1-2H3;1-2H3. The summed E-state index contributed by atoms with van der Waals surface area (Å²) in [7, 11) is 6.74. The third kappa shape index (κ3) is 19.5. The number of carbonyl (C=O) groups excluding carboxylic acids is 6. The monoisotopic (exact) mass is 1170 g/mol. The molecular weight excluding hydrogens is 1090 g/mol. The van der Waals surface area contributed by atoms with E-state index in [0.717, 1.165) is 64.5 Å². The summed E-state index contributed by atoms with van der Waals surface area (Å²) in [6.45, 7) is 11.2. The van der Waals surface area contributed by atoms with E-state index in [1.165, 1.54) is 18.2 Å². The van der Waals surface area contributed by atoms with Gasteiger partial charge in [-0.3, -0.25) is 19.2 Å². The first kappa shape index (κ1) is 65.7. The summed E-state index contributed by atoms with van der Waals surface area (Å²) in [5.41, 5.74) is 5.47. The van der Waals surface area contributed by atoms with Gasteiger partial charge in [0.05, 0.1) is 57.0 Å². The number of methoxy groups -OCH3 is 1. The minimum Gasteiger partial charge on any atom is -0.492 e. The predicted molar refractivity (Wildman–Crippen MR) is 336 cm³/mol. The Labute approximate surface area is 505 Å². The maximum atomic E-state index is 12.3. The van der Waals surface area contributed by atoms with Crippen molar-refractivity contribution in [1.82, 2.24) is 14.7 Å². The number of likely N-dealkylation sites (N-methyl/N-ethyl adjacent to an activating group) is 3. The second kappa shape index (κ2) is 34.3. The molecule has 0 bridgehead atoms. The summed E-state index contributed by atoms with van der Waals surface area (Å²) in [6, 6.07) is 55.9. The Balaban J connectivity index is 0.000000203. The Morgan fingerprint density at radius 2 is 0.814 bits per heavy atom. The fourth-order valence-corrected chi connectivity index (χ4v) is 9.17. The smallest absolute Gasteiger partial charge is 0.338 e. The number of rotatable bonds is 21. The van der Waals surface area contributed by atoms with Gasteiger partial charge in [0.25, 0.3) is 17.7 Å². The normalized spacial score (nSPS) is 11.9. The summed E-state index contributed by atoms with van der Waals surface area (Å²) < 4.78 is 32.5. The number of hydrogen-bond donors (Lipinski definition) is 0. The van der Waals surface area contributed by atoms with Crippen LogP contribution in [-0.2, 0) is 31.8 Å². The van der Waals surface area contributed by atoms with E-state index in [1.54, 1.807) is 79.2 Å². The quantitative estimate of drug-likeness (QED) is 0.0494. The molecule has 0 N–H and O–H groups in total. The molecule has 1 aliphatic carbocycles. The van der Waals surface area contributed by atoms with Gasteiger partial charge < -0.3 is 43.1 Å². The molecule has 3 amide bonds. The number of carbonyl (C=O) groups is 6. The van der Waals surface area contributed by atoms with Crippen molar-refractivity contribution in [3.8, 4) is 17.2 Å². The van der Waals surface area contributed by atoms with E-state index in [4.69, 9.17) is 28.4 Å². The molecule has 450 valence electrons. The Morgan fingerprint density at radius 1 is 0.430 bits per heavy atom. The van der Waals surface area contributed by atoms with E-state index >= 15 is 0 Å². The third-order valence-electron chi connectivity index (χ3n) is 13.9. The van der Waals surface area contributed by atoms with Crippen molar-refractivity contribution >= 4 is 57.2 Å². The van der Waals surface area contributed by atoms with Gasteiger partial charge in [-0.05, 0) is 162 Å². The molecule has 86 heavy (non-hydrogen) atoms. The van der Waals surface area contributed by atoms with E-state index < -0.39 is 0 Å². The molecule has 0 fully saturated rings. The summed E-state index contributed by atoms with van der Waals surface area (Å²) >= 11 is 0. The van der Waals surface area contributed by atoms with Crippen LogP contribution >= 0.6 is 0 Å². The molecule has 0 heterocycles.